The molecule has 0 saturated carbocycles. The van der Waals surface area contributed by atoms with Crippen molar-refractivity contribution in [2.45, 2.75) is 25.3 Å². The molecule has 0 radical (unpaired) electrons. The molecule has 1 heterocycles. The predicted molar refractivity (Wildman–Crippen MR) is 82.2 cm³/mol. The van der Waals surface area contributed by atoms with Gasteiger partial charge in [-0.25, -0.2) is 9.97 Å². The van der Waals surface area contributed by atoms with Crippen LogP contribution in [0.4, 0.5) is 0 Å². The van der Waals surface area contributed by atoms with Crippen molar-refractivity contribution in [2.75, 3.05) is 20.3 Å². The lowest BCUT2D eigenvalue weighted by Crippen LogP contribution is -2.19. The SMILES string of the molecule is COCCNCc1cnc(C2CCc3ccccc32)nc1. The number of rotatable bonds is 6. The summed E-state index contributed by atoms with van der Waals surface area (Å²) in [4.78, 5) is 9.15. The smallest absolute Gasteiger partial charge is 0.135 e. The maximum absolute atomic E-state index is 5.01. The molecule has 0 amide bonds. The molecule has 1 N–H and O–H groups in total. The molecule has 0 saturated heterocycles. The van der Waals surface area contributed by atoms with Crippen molar-refractivity contribution >= 4 is 0 Å². The minimum atomic E-state index is 0.358. The molecule has 3 rings (SSSR count). The zero-order valence-corrected chi connectivity index (χ0v) is 12.4. The highest BCUT2D eigenvalue weighted by molar-refractivity contribution is 5.38. The Kier molecular flexibility index (Phi) is 4.58. The molecule has 1 aromatic carbocycles. The molecule has 0 fully saturated rings. The summed E-state index contributed by atoms with van der Waals surface area (Å²) in [5, 5.41) is 3.30. The summed E-state index contributed by atoms with van der Waals surface area (Å²) < 4.78 is 5.01. The molecular formula is C17H21N3O. The molecule has 110 valence electrons. The minimum Gasteiger partial charge on any atom is -0.383 e. The largest absolute Gasteiger partial charge is 0.383 e. The molecule has 0 bridgehead atoms. The van der Waals surface area contributed by atoms with Crippen LogP contribution in [-0.2, 0) is 17.7 Å². The summed E-state index contributed by atoms with van der Waals surface area (Å²) >= 11 is 0. The molecule has 1 aliphatic rings. The molecule has 4 nitrogen and oxygen atoms in total. The first kappa shape index (κ1) is 14.2. The van der Waals surface area contributed by atoms with Gasteiger partial charge in [0.15, 0.2) is 0 Å². The summed E-state index contributed by atoms with van der Waals surface area (Å²) in [6.45, 7) is 2.34. The molecule has 4 heteroatoms. The lowest BCUT2D eigenvalue weighted by atomic mass is 10.0. The fraction of sp³-hybridized carbons (Fsp3) is 0.412. The summed E-state index contributed by atoms with van der Waals surface area (Å²) in [6, 6.07) is 8.63. The Balaban J connectivity index is 1.65. The summed E-state index contributed by atoms with van der Waals surface area (Å²) in [7, 11) is 1.71. The monoisotopic (exact) mass is 283 g/mol. The van der Waals surface area contributed by atoms with Gasteiger partial charge >= 0.3 is 0 Å². The highest BCUT2D eigenvalue weighted by Gasteiger charge is 2.25. The zero-order valence-electron chi connectivity index (χ0n) is 12.4. The third kappa shape index (κ3) is 3.28. The molecule has 0 aliphatic heterocycles. The van der Waals surface area contributed by atoms with E-state index in [-0.39, 0.29) is 0 Å². The van der Waals surface area contributed by atoms with Crippen molar-refractivity contribution in [3.05, 3.63) is 59.2 Å². The highest BCUT2D eigenvalue weighted by Crippen LogP contribution is 2.35. The third-order valence-electron chi connectivity index (χ3n) is 3.98. The Bertz CT molecular complexity index is 583. The van der Waals surface area contributed by atoms with E-state index in [1.807, 2.05) is 12.4 Å². The minimum absolute atomic E-state index is 0.358. The van der Waals surface area contributed by atoms with E-state index in [0.29, 0.717) is 5.92 Å². The number of benzene rings is 1. The van der Waals surface area contributed by atoms with E-state index in [1.165, 1.54) is 11.1 Å². The molecule has 1 atom stereocenters. The van der Waals surface area contributed by atoms with Crippen LogP contribution in [0.25, 0.3) is 0 Å². The van der Waals surface area contributed by atoms with Gasteiger partial charge in [-0.2, -0.15) is 0 Å². The van der Waals surface area contributed by atoms with E-state index in [4.69, 9.17) is 4.74 Å². The first-order chi connectivity index (χ1) is 10.4. The molecule has 21 heavy (non-hydrogen) atoms. The fourth-order valence-electron chi connectivity index (χ4n) is 2.87. The Morgan fingerprint density at radius 1 is 1.24 bits per heavy atom. The first-order valence-corrected chi connectivity index (χ1v) is 7.47. The average Bonchev–Trinajstić information content (AvgIpc) is 2.96. The Morgan fingerprint density at radius 3 is 2.86 bits per heavy atom. The number of aryl methyl sites for hydroxylation is 1. The topological polar surface area (TPSA) is 47.0 Å². The van der Waals surface area contributed by atoms with Crippen molar-refractivity contribution in [1.82, 2.24) is 15.3 Å². The van der Waals surface area contributed by atoms with E-state index in [9.17, 15) is 0 Å². The van der Waals surface area contributed by atoms with Gasteiger partial charge in [-0.15, -0.1) is 0 Å². The van der Waals surface area contributed by atoms with E-state index in [0.717, 1.165) is 43.9 Å². The van der Waals surface area contributed by atoms with E-state index in [1.54, 1.807) is 7.11 Å². The number of nitrogens with zero attached hydrogens (tertiary/aromatic N) is 2. The van der Waals surface area contributed by atoms with Crippen molar-refractivity contribution in [3.8, 4) is 0 Å². The molecule has 1 aliphatic carbocycles. The fourth-order valence-corrected chi connectivity index (χ4v) is 2.87. The Hall–Kier alpha value is -1.78. The quantitative estimate of drug-likeness (QED) is 0.826. The van der Waals surface area contributed by atoms with Crippen molar-refractivity contribution in [2.24, 2.45) is 0 Å². The standard InChI is InChI=1S/C17H21N3O/c1-21-9-8-18-10-13-11-19-17(20-12-13)16-7-6-14-4-2-3-5-15(14)16/h2-5,11-12,16,18H,6-10H2,1H3. The second kappa shape index (κ2) is 6.78. The first-order valence-electron chi connectivity index (χ1n) is 7.47. The van der Waals surface area contributed by atoms with Gasteiger partial charge in [0.2, 0.25) is 0 Å². The van der Waals surface area contributed by atoms with Crippen LogP contribution in [0.3, 0.4) is 0 Å². The van der Waals surface area contributed by atoms with Gasteiger partial charge in [0.05, 0.1) is 6.61 Å². The molecule has 1 aromatic heterocycles. The third-order valence-corrected chi connectivity index (χ3v) is 3.98. The summed E-state index contributed by atoms with van der Waals surface area (Å²) in [5.41, 5.74) is 3.95. The van der Waals surface area contributed by atoms with Crippen LogP contribution in [0.15, 0.2) is 36.7 Å². The Morgan fingerprint density at radius 2 is 2.05 bits per heavy atom. The van der Waals surface area contributed by atoms with Gasteiger partial charge < -0.3 is 10.1 Å². The van der Waals surface area contributed by atoms with Crippen molar-refractivity contribution in [3.63, 3.8) is 0 Å². The molecule has 1 unspecified atom stereocenters. The Labute approximate surface area is 125 Å². The van der Waals surface area contributed by atoms with Crippen molar-refractivity contribution < 1.29 is 4.74 Å². The molecular weight excluding hydrogens is 262 g/mol. The number of methoxy groups -OCH3 is 1. The van der Waals surface area contributed by atoms with E-state index >= 15 is 0 Å². The van der Waals surface area contributed by atoms with E-state index in [2.05, 4.69) is 39.6 Å². The predicted octanol–water partition coefficient (Wildman–Crippen LogP) is 2.29. The number of fused-ring (bicyclic) bond motifs is 1. The maximum Gasteiger partial charge on any atom is 0.135 e. The van der Waals surface area contributed by atoms with Crippen LogP contribution in [-0.4, -0.2) is 30.2 Å². The summed E-state index contributed by atoms with van der Waals surface area (Å²) in [6.07, 6.45) is 6.11. The number of ether oxygens (including phenoxy) is 1. The van der Waals surface area contributed by atoms with Crippen LogP contribution in [0, 0.1) is 0 Å². The number of nitrogens with one attached hydrogen (secondary N) is 1. The zero-order chi connectivity index (χ0) is 14.5. The van der Waals surface area contributed by atoms with Gasteiger partial charge in [0, 0.05) is 44.1 Å². The summed E-state index contributed by atoms with van der Waals surface area (Å²) in [5.74, 6) is 1.30. The lowest BCUT2D eigenvalue weighted by molar-refractivity contribution is 0.199. The van der Waals surface area contributed by atoms with Crippen LogP contribution in [0.5, 0.6) is 0 Å². The average molecular weight is 283 g/mol. The second-order valence-corrected chi connectivity index (χ2v) is 5.41. The highest BCUT2D eigenvalue weighted by atomic mass is 16.5. The molecule has 2 aromatic rings. The van der Waals surface area contributed by atoms with Gasteiger partial charge in [-0.05, 0) is 24.0 Å². The van der Waals surface area contributed by atoms with Crippen LogP contribution in [0.2, 0.25) is 0 Å². The number of aromatic nitrogens is 2. The van der Waals surface area contributed by atoms with Crippen molar-refractivity contribution in [1.29, 1.82) is 0 Å². The van der Waals surface area contributed by atoms with Gasteiger partial charge in [0.25, 0.3) is 0 Å². The van der Waals surface area contributed by atoms with Gasteiger partial charge in [-0.1, -0.05) is 24.3 Å². The van der Waals surface area contributed by atoms with E-state index < -0.39 is 0 Å². The van der Waals surface area contributed by atoms with Crippen LogP contribution < -0.4 is 5.32 Å². The lowest BCUT2D eigenvalue weighted by Gasteiger charge is -2.10. The molecule has 0 spiro atoms. The number of hydrogen-bond donors (Lipinski definition) is 1. The van der Waals surface area contributed by atoms with Crippen LogP contribution >= 0.6 is 0 Å². The number of hydrogen-bond acceptors (Lipinski definition) is 4. The van der Waals surface area contributed by atoms with Gasteiger partial charge in [0.1, 0.15) is 5.82 Å². The maximum atomic E-state index is 5.01. The van der Waals surface area contributed by atoms with Crippen LogP contribution in [0.1, 0.15) is 34.9 Å². The second-order valence-electron chi connectivity index (χ2n) is 5.41. The van der Waals surface area contributed by atoms with Gasteiger partial charge in [-0.3, -0.25) is 0 Å². The normalized spacial score (nSPS) is 16.9.